The SMILES string of the molecule is CCNCC1CCN(C(=O)c2ccccc2Nc2ccc(OC)cc2)CC1. The molecule has 1 amide bonds. The maximum Gasteiger partial charge on any atom is 0.255 e. The van der Waals surface area contributed by atoms with Gasteiger partial charge in [0.1, 0.15) is 5.75 Å². The number of nitrogens with one attached hydrogen (secondary N) is 2. The van der Waals surface area contributed by atoms with E-state index in [4.69, 9.17) is 4.74 Å². The molecule has 5 heteroatoms. The second-order valence-electron chi connectivity index (χ2n) is 6.94. The lowest BCUT2D eigenvalue weighted by Crippen LogP contribution is -2.40. The molecule has 2 aromatic rings. The van der Waals surface area contributed by atoms with Crippen LogP contribution in [0.1, 0.15) is 30.1 Å². The number of piperidine rings is 1. The third kappa shape index (κ3) is 5.01. The zero-order valence-electron chi connectivity index (χ0n) is 16.2. The highest BCUT2D eigenvalue weighted by Gasteiger charge is 2.24. The fraction of sp³-hybridized carbons (Fsp3) is 0.409. The first-order valence-electron chi connectivity index (χ1n) is 9.71. The van der Waals surface area contributed by atoms with Gasteiger partial charge in [-0.3, -0.25) is 4.79 Å². The van der Waals surface area contributed by atoms with Crippen molar-refractivity contribution in [3.8, 4) is 5.75 Å². The normalized spacial score (nSPS) is 14.8. The van der Waals surface area contributed by atoms with E-state index in [0.717, 1.165) is 61.7 Å². The highest BCUT2D eigenvalue weighted by Crippen LogP contribution is 2.25. The maximum atomic E-state index is 13.1. The van der Waals surface area contributed by atoms with Crippen LogP contribution in [-0.4, -0.2) is 44.1 Å². The lowest BCUT2D eigenvalue weighted by Gasteiger charge is -2.32. The summed E-state index contributed by atoms with van der Waals surface area (Å²) in [5, 5.41) is 6.78. The second kappa shape index (κ2) is 9.42. The number of para-hydroxylation sites is 1. The average molecular weight is 367 g/mol. The fourth-order valence-corrected chi connectivity index (χ4v) is 3.47. The van der Waals surface area contributed by atoms with Crippen molar-refractivity contribution in [3.05, 3.63) is 54.1 Å². The van der Waals surface area contributed by atoms with E-state index in [9.17, 15) is 4.79 Å². The first kappa shape index (κ1) is 19.2. The molecule has 0 aliphatic carbocycles. The van der Waals surface area contributed by atoms with Crippen molar-refractivity contribution in [2.45, 2.75) is 19.8 Å². The lowest BCUT2D eigenvalue weighted by molar-refractivity contribution is 0.0691. The van der Waals surface area contributed by atoms with Gasteiger partial charge in [-0.05, 0) is 68.2 Å². The van der Waals surface area contributed by atoms with Gasteiger partial charge in [0.05, 0.1) is 18.4 Å². The predicted octanol–water partition coefficient (Wildman–Crippen LogP) is 3.90. The van der Waals surface area contributed by atoms with Crippen molar-refractivity contribution in [1.82, 2.24) is 10.2 Å². The summed E-state index contributed by atoms with van der Waals surface area (Å²) in [5.41, 5.74) is 2.49. The number of carbonyl (C=O) groups is 1. The number of nitrogens with zero attached hydrogens (tertiary/aromatic N) is 1. The van der Waals surface area contributed by atoms with Crippen LogP contribution in [0.3, 0.4) is 0 Å². The quantitative estimate of drug-likeness (QED) is 0.779. The molecule has 0 saturated carbocycles. The second-order valence-corrected chi connectivity index (χ2v) is 6.94. The minimum Gasteiger partial charge on any atom is -0.497 e. The lowest BCUT2D eigenvalue weighted by atomic mass is 9.96. The number of hydrogen-bond acceptors (Lipinski definition) is 4. The molecule has 0 atom stereocenters. The number of ether oxygens (including phenoxy) is 1. The van der Waals surface area contributed by atoms with Gasteiger partial charge in [-0.25, -0.2) is 0 Å². The van der Waals surface area contributed by atoms with Crippen LogP contribution in [0, 0.1) is 5.92 Å². The Morgan fingerprint density at radius 1 is 1.11 bits per heavy atom. The summed E-state index contributed by atoms with van der Waals surface area (Å²) in [7, 11) is 1.65. The molecule has 1 fully saturated rings. The van der Waals surface area contributed by atoms with E-state index in [0.29, 0.717) is 5.92 Å². The fourth-order valence-electron chi connectivity index (χ4n) is 3.47. The molecular weight excluding hydrogens is 338 g/mol. The highest BCUT2D eigenvalue weighted by molar-refractivity contribution is 6.00. The molecule has 1 aliphatic heterocycles. The minimum absolute atomic E-state index is 0.105. The van der Waals surface area contributed by atoms with Crippen LogP contribution in [0.5, 0.6) is 5.75 Å². The molecule has 0 radical (unpaired) electrons. The monoisotopic (exact) mass is 367 g/mol. The van der Waals surface area contributed by atoms with Crippen LogP contribution in [0.25, 0.3) is 0 Å². The van der Waals surface area contributed by atoms with Gasteiger partial charge in [0, 0.05) is 18.8 Å². The van der Waals surface area contributed by atoms with Crippen molar-refractivity contribution in [2.75, 3.05) is 38.6 Å². The largest absolute Gasteiger partial charge is 0.497 e. The van der Waals surface area contributed by atoms with Crippen molar-refractivity contribution in [1.29, 1.82) is 0 Å². The number of methoxy groups -OCH3 is 1. The van der Waals surface area contributed by atoms with Crippen molar-refractivity contribution >= 4 is 17.3 Å². The molecule has 1 heterocycles. The molecule has 0 bridgehead atoms. The zero-order chi connectivity index (χ0) is 19.1. The molecule has 144 valence electrons. The molecule has 2 N–H and O–H groups in total. The first-order chi connectivity index (χ1) is 13.2. The topological polar surface area (TPSA) is 53.6 Å². The van der Waals surface area contributed by atoms with Crippen LogP contribution < -0.4 is 15.4 Å². The summed E-state index contributed by atoms with van der Waals surface area (Å²) in [5.74, 6) is 1.58. The van der Waals surface area contributed by atoms with E-state index in [1.807, 2.05) is 53.4 Å². The number of likely N-dealkylation sites (tertiary alicyclic amines) is 1. The molecule has 1 aliphatic rings. The smallest absolute Gasteiger partial charge is 0.255 e. The molecular formula is C22H29N3O2. The van der Waals surface area contributed by atoms with E-state index < -0.39 is 0 Å². The summed E-state index contributed by atoms with van der Waals surface area (Å²) >= 11 is 0. The first-order valence-corrected chi connectivity index (χ1v) is 9.71. The summed E-state index contributed by atoms with van der Waals surface area (Å²) in [4.78, 5) is 15.1. The van der Waals surface area contributed by atoms with Crippen molar-refractivity contribution in [2.24, 2.45) is 5.92 Å². The summed E-state index contributed by atoms with van der Waals surface area (Å²) in [6.07, 6.45) is 2.12. The summed E-state index contributed by atoms with van der Waals surface area (Å²) in [6, 6.07) is 15.4. The van der Waals surface area contributed by atoms with Gasteiger partial charge in [-0.1, -0.05) is 19.1 Å². The van der Waals surface area contributed by atoms with Crippen LogP contribution in [-0.2, 0) is 0 Å². The molecule has 27 heavy (non-hydrogen) atoms. The van der Waals surface area contributed by atoms with Gasteiger partial charge in [0.25, 0.3) is 5.91 Å². The minimum atomic E-state index is 0.105. The molecule has 3 rings (SSSR count). The molecule has 5 nitrogen and oxygen atoms in total. The molecule has 0 aromatic heterocycles. The van der Waals surface area contributed by atoms with Crippen LogP contribution >= 0.6 is 0 Å². The highest BCUT2D eigenvalue weighted by atomic mass is 16.5. The Balaban J connectivity index is 1.67. The maximum absolute atomic E-state index is 13.1. The molecule has 2 aromatic carbocycles. The number of benzene rings is 2. The zero-order valence-corrected chi connectivity index (χ0v) is 16.2. The van der Waals surface area contributed by atoms with Gasteiger partial charge >= 0.3 is 0 Å². The average Bonchev–Trinajstić information content (AvgIpc) is 2.73. The Morgan fingerprint density at radius 3 is 2.48 bits per heavy atom. The summed E-state index contributed by atoms with van der Waals surface area (Å²) < 4.78 is 5.20. The third-order valence-corrected chi connectivity index (χ3v) is 5.11. The standard InChI is InChI=1S/C22H29N3O2/c1-3-23-16-17-12-14-25(15-13-17)22(26)20-6-4-5-7-21(20)24-18-8-10-19(27-2)11-9-18/h4-11,17,23-24H,3,12-16H2,1-2H3. The van der Waals surface area contributed by atoms with Crippen molar-refractivity contribution < 1.29 is 9.53 Å². The van der Waals surface area contributed by atoms with E-state index in [2.05, 4.69) is 17.6 Å². The molecule has 1 saturated heterocycles. The number of hydrogen-bond donors (Lipinski definition) is 2. The van der Waals surface area contributed by atoms with Gasteiger partial charge in [-0.2, -0.15) is 0 Å². The summed E-state index contributed by atoms with van der Waals surface area (Å²) in [6.45, 7) is 5.83. The van der Waals surface area contributed by atoms with Gasteiger partial charge in [0.2, 0.25) is 0 Å². The van der Waals surface area contributed by atoms with Gasteiger partial charge < -0.3 is 20.3 Å². The van der Waals surface area contributed by atoms with E-state index >= 15 is 0 Å². The molecule has 0 unspecified atom stereocenters. The van der Waals surface area contributed by atoms with Crippen LogP contribution in [0.2, 0.25) is 0 Å². The Hall–Kier alpha value is -2.53. The predicted molar refractivity (Wildman–Crippen MR) is 110 cm³/mol. The van der Waals surface area contributed by atoms with Gasteiger partial charge in [-0.15, -0.1) is 0 Å². The Kier molecular flexibility index (Phi) is 6.71. The number of amides is 1. The number of anilines is 2. The Morgan fingerprint density at radius 2 is 1.81 bits per heavy atom. The Bertz CT molecular complexity index is 737. The van der Waals surface area contributed by atoms with E-state index in [1.165, 1.54) is 0 Å². The Labute approximate surface area is 161 Å². The van der Waals surface area contributed by atoms with Crippen molar-refractivity contribution in [3.63, 3.8) is 0 Å². The molecule has 0 spiro atoms. The van der Waals surface area contributed by atoms with Crippen LogP contribution in [0.4, 0.5) is 11.4 Å². The van der Waals surface area contributed by atoms with E-state index in [1.54, 1.807) is 7.11 Å². The van der Waals surface area contributed by atoms with Gasteiger partial charge in [0.15, 0.2) is 0 Å². The van der Waals surface area contributed by atoms with E-state index in [-0.39, 0.29) is 5.91 Å². The van der Waals surface area contributed by atoms with Crippen LogP contribution in [0.15, 0.2) is 48.5 Å². The number of carbonyl (C=O) groups excluding carboxylic acids is 1. The number of rotatable bonds is 7. The third-order valence-electron chi connectivity index (χ3n) is 5.11.